The van der Waals surface area contributed by atoms with Gasteiger partial charge in [-0.25, -0.2) is 4.39 Å². The Hall–Kier alpha value is -2.96. The maximum Gasteiger partial charge on any atom is 0.255 e. The van der Waals surface area contributed by atoms with Gasteiger partial charge < -0.3 is 24.3 Å². The van der Waals surface area contributed by atoms with E-state index < -0.39 is 11.7 Å². The molecule has 6 nitrogen and oxygen atoms in total. The minimum Gasteiger partial charge on any atom is -0.494 e. The zero-order valence-electron chi connectivity index (χ0n) is 13.8. The number of hydrogen-bond donors (Lipinski definition) is 1. The molecule has 0 heterocycles. The van der Waals surface area contributed by atoms with E-state index in [0.717, 1.165) is 6.07 Å². The van der Waals surface area contributed by atoms with Crippen molar-refractivity contribution in [1.29, 1.82) is 0 Å². The van der Waals surface area contributed by atoms with Gasteiger partial charge in [-0.15, -0.1) is 0 Å². The molecule has 0 atom stereocenters. The Labute approximate surface area is 139 Å². The summed E-state index contributed by atoms with van der Waals surface area (Å²) in [6.45, 7) is 0. The average Bonchev–Trinajstić information content (AvgIpc) is 2.60. The normalized spacial score (nSPS) is 10.0. The molecule has 0 bridgehead atoms. The van der Waals surface area contributed by atoms with E-state index in [2.05, 4.69) is 5.32 Å². The Morgan fingerprint density at radius 3 is 1.92 bits per heavy atom. The van der Waals surface area contributed by atoms with Crippen LogP contribution in [0.15, 0.2) is 30.3 Å². The Bertz CT molecular complexity index is 723. The smallest absolute Gasteiger partial charge is 0.255 e. The molecule has 0 unspecified atom stereocenters. The number of ether oxygens (including phenoxy) is 4. The maximum atomic E-state index is 13.7. The van der Waals surface area contributed by atoms with E-state index in [1.807, 2.05) is 0 Å². The molecule has 1 N–H and O–H groups in total. The number of nitrogens with one attached hydrogen (secondary N) is 1. The first-order chi connectivity index (χ1) is 11.5. The molecule has 0 spiro atoms. The molecule has 2 aromatic carbocycles. The van der Waals surface area contributed by atoms with Crippen LogP contribution < -0.4 is 24.3 Å². The van der Waals surface area contributed by atoms with Crippen molar-refractivity contribution in [2.75, 3.05) is 33.8 Å². The summed E-state index contributed by atoms with van der Waals surface area (Å²) in [5.41, 5.74) is 0.577. The third kappa shape index (κ3) is 3.51. The van der Waals surface area contributed by atoms with Gasteiger partial charge in [-0.2, -0.15) is 0 Å². The second-order valence-corrected chi connectivity index (χ2v) is 4.72. The summed E-state index contributed by atoms with van der Waals surface area (Å²) in [4.78, 5) is 12.3. The van der Waals surface area contributed by atoms with Crippen LogP contribution in [0.2, 0.25) is 0 Å². The first kappa shape index (κ1) is 17.4. The van der Waals surface area contributed by atoms with Crippen LogP contribution >= 0.6 is 0 Å². The van der Waals surface area contributed by atoms with Crippen molar-refractivity contribution in [3.8, 4) is 23.0 Å². The van der Waals surface area contributed by atoms with E-state index in [-0.39, 0.29) is 11.3 Å². The first-order valence-electron chi connectivity index (χ1n) is 6.99. The van der Waals surface area contributed by atoms with Crippen molar-refractivity contribution in [3.63, 3.8) is 0 Å². The van der Waals surface area contributed by atoms with E-state index in [1.165, 1.54) is 40.6 Å². The van der Waals surface area contributed by atoms with Crippen LogP contribution in [0.5, 0.6) is 23.0 Å². The lowest BCUT2D eigenvalue weighted by atomic mass is 10.2. The Morgan fingerprint density at radius 2 is 1.46 bits per heavy atom. The maximum absolute atomic E-state index is 13.7. The summed E-state index contributed by atoms with van der Waals surface area (Å²) in [5.74, 6) is 0.176. The number of rotatable bonds is 6. The zero-order chi connectivity index (χ0) is 17.7. The van der Waals surface area contributed by atoms with Crippen LogP contribution in [-0.4, -0.2) is 34.3 Å². The van der Waals surface area contributed by atoms with Gasteiger partial charge in [0.1, 0.15) is 0 Å². The van der Waals surface area contributed by atoms with Crippen LogP contribution in [0.4, 0.5) is 10.1 Å². The minimum absolute atomic E-state index is 0.0688. The lowest BCUT2D eigenvalue weighted by Crippen LogP contribution is -2.12. The van der Waals surface area contributed by atoms with Gasteiger partial charge in [-0.1, -0.05) is 0 Å². The Kier molecular flexibility index (Phi) is 5.47. The number of hydrogen-bond acceptors (Lipinski definition) is 5. The second-order valence-electron chi connectivity index (χ2n) is 4.72. The number of carbonyl (C=O) groups is 1. The van der Waals surface area contributed by atoms with Gasteiger partial charge >= 0.3 is 0 Å². The third-order valence-electron chi connectivity index (χ3n) is 3.34. The van der Waals surface area contributed by atoms with Gasteiger partial charge in [0.25, 0.3) is 5.91 Å². The molecule has 0 aliphatic carbocycles. The second kappa shape index (κ2) is 7.54. The van der Waals surface area contributed by atoms with Crippen molar-refractivity contribution in [1.82, 2.24) is 0 Å². The van der Waals surface area contributed by atoms with Crippen LogP contribution in [0.3, 0.4) is 0 Å². The first-order valence-corrected chi connectivity index (χ1v) is 6.99. The number of anilines is 1. The minimum atomic E-state index is -0.616. The summed E-state index contributed by atoms with van der Waals surface area (Å²) in [5, 5.41) is 2.66. The third-order valence-corrected chi connectivity index (χ3v) is 3.34. The van der Waals surface area contributed by atoms with E-state index in [0.29, 0.717) is 22.9 Å². The fourth-order valence-electron chi connectivity index (χ4n) is 2.16. The fourth-order valence-corrected chi connectivity index (χ4v) is 2.16. The van der Waals surface area contributed by atoms with Crippen LogP contribution in [0.1, 0.15) is 10.4 Å². The molecule has 24 heavy (non-hydrogen) atoms. The van der Waals surface area contributed by atoms with Crippen molar-refractivity contribution in [2.24, 2.45) is 0 Å². The molecule has 2 rings (SSSR count). The summed E-state index contributed by atoms with van der Waals surface area (Å²) < 4.78 is 34.2. The molecule has 0 aromatic heterocycles. The summed E-state index contributed by atoms with van der Waals surface area (Å²) in [6.07, 6.45) is 0. The highest BCUT2D eigenvalue weighted by molar-refractivity contribution is 6.04. The Balaban J connectivity index is 2.30. The highest BCUT2D eigenvalue weighted by Crippen LogP contribution is 2.40. The summed E-state index contributed by atoms with van der Waals surface area (Å²) >= 11 is 0. The van der Waals surface area contributed by atoms with Gasteiger partial charge in [-0.05, 0) is 18.2 Å². The van der Waals surface area contributed by atoms with E-state index in [1.54, 1.807) is 12.1 Å². The predicted octanol–water partition coefficient (Wildman–Crippen LogP) is 3.11. The van der Waals surface area contributed by atoms with Crippen molar-refractivity contribution >= 4 is 11.6 Å². The fraction of sp³-hybridized carbons (Fsp3) is 0.235. The van der Waals surface area contributed by atoms with E-state index >= 15 is 0 Å². The zero-order valence-corrected chi connectivity index (χ0v) is 13.8. The highest BCUT2D eigenvalue weighted by Gasteiger charge is 2.16. The molecule has 2 aromatic rings. The SMILES string of the molecule is COc1ccc(C(=O)Nc2cc(OC)c(OC)c(OC)c2)cc1F. The van der Waals surface area contributed by atoms with Crippen molar-refractivity contribution < 1.29 is 28.1 Å². The number of methoxy groups -OCH3 is 4. The van der Waals surface area contributed by atoms with Gasteiger partial charge in [0.15, 0.2) is 23.1 Å². The largest absolute Gasteiger partial charge is 0.494 e. The molecule has 7 heteroatoms. The predicted molar refractivity (Wildman–Crippen MR) is 87.0 cm³/mol. The Morgan fingerprint density at radius 1 is 0.875 bits per heavy atom. The van der Waals surface area contributed by atoms with Gasteiger partial charge in [0, 0.05) is 23.4 Å². The molecule has 0 saturated heterocycles. The number of halogens is 1. The average molecular weight is 335 g/mol. The number of carbonyl (C=O) groups excluding carboxylic acids is 1. The molecule has 0 aliphatic heterocycles. The molecule has 0 radical (unpaired) electrons. The van der Waals surface area contributed by atoms with Crippen LogP contribution in [0.25, 0.3) is 0 Å². The highest BCUT2D eigenvalue weighted by atomic mass is 19.1. The molecular formula is C17H18FNO5. The molecule has 1 amide bonds. The topological polar surface area (TPSA) is 66.0 Å². The van der Waals surface area contributed by atoms with E-state index in [9.17, 15) is 9.18 Å². The molecule has 0 fully saturated rings. The molecule has 0 saturated carbocycles. The molecule has 0 aliphatic rings. The van der Waals surface area contributed by atoms with Crippen molar-refractivity contribution in [3.05, 3.63) is 41.7 Å². The molecule has 128 valence electrons. The van der Waals surface area contributed by atoms with Gasteiger partial charge in [-0.3, -0.25) is 4.79 Å². The molecular weight excluding hydrogens is 317 g/mol. The lowest BCUT2D eigenvalue weighted by Gasteiger charge is -2.14. The van der Waals surface area contributed by atoms with Gasteiger partial charge in [0.2, 0.25) is 5.75 Å². The standard InChI is InChI=1S/C17H18FNO5/c1-21-13-6-5-10(7-12(13)18)17(20)19-11-8-14(22-2)16(24-4)15(9-11)23-3/h5-9H,1-4H3,(H,19,20). The van der Waals surface area contributed by atoms with E-state index in [4.69, 9.17) is 18.9 Å². The van der Waals surface area contributed by atoms with Gasteiger partial charge in [0.05, 0.1) is 28.4 Å². The summed E-state index contributed by atoms with van der Waals surface area (Å²) in [6, 6.07) is 7.12. The number of amides is 1. The van der Waals surface area contributed by atoms with Crippen molar-refractivity contribution in [2.45, 2.75) is 0 Å². The quantitative estimate of drug-likeness (QED) is 0.879. The summed E-state index contributed by atoms with van der Waals surface area (Å²) in [7, 11) is 5.79. The van der Waals surface area contributed by atoms with Crippen LogP contribution in [0, 0.1) is 5.82 Å². The van der Waals surface area contributed by atoms with Crippen LogP contribution in [-0.2, 0) is 0 Å². The lowest BCUT2D eigenvalue weighted by molar-refractivity contribution is 0.102. The monoisotopic (exact) mass is 335 g/mol. The number of benzene rings is 2.